The van der Waals surface area contributed by atoms with E-state index < -0.39 is 69.1 Å². The number of allylic oxidation sites excluding steroid dienone is 10. The largest absolute Gasteiger partial charge is 0.455 e. The Balaban J connectivity index is 1.52. The van der Waals surface area contributed by atoms with Crippen molar-refractivity contribution in [3.05, 3.63) is 73.4 Å². The monoisotopic (exact) mass is 744 g/mol. The molecule has 18 heteroatoms. The van der Waals surface area contributed by atoms with Gasteiger partial charge in [0.25, 0.3) is 0 Å². The second-order valence-electron chi connectivity index (χ2n) is 11.8. The Bertz CT molecular complexity index is 1670. The van der Waals surface area contributed by atoms with Crippen molar-refractivity contribution in [3.8, 4) is 0 Å². The number of amides is 2. The van der Waals surface area contributed by atoms with E-state index in [-0.39, 0.29) is 23.4 Å². The fourth-order valence-electron chi connectivity index (χ4n) is 4.95. The number of imidazole rings is 1. The Kier molecular flexibility index (Phi) is 17.5. The number of carbonyl (C=O) groups excluding carboxylic acids is 3. The molecule has 284 valence electrons. The smallest absolute Gasteiger partial charge is 0.432 e. The van der Waals surface area contributed by atoms with Gasteiger partial charge in [0, 0.05) is 6.42 Å². The topological polar surface area (TPSA) is 270 Å². The quantitative estimate of drug-likeness (QED) is 0.0438. The summed E-state index contributed by atoms with van der Waals surface area (Å²) in [5, 5.41) is 12.9. The second-order valence-corrected chi connectivity index (χ2v) is 13.3. The first-order chi connectivity index (χ1) is 24.9. The Hall–Kier alpha value is -4.51. The maximum absolute atomic E-state index is 12.9. The average molecular weight is 745 g/mol. The van der Waals surface area contributed by atoms with Gasteiger partial charge in [0.05, 0.1) is 25.4 Å². The number of carbonyl (C=O) groups is 3. The predicted octanol–water partition coefficient (Wildman–Crippen LogP) is 2.94. The highest BCUT2D eigenvalue weighted by Crippen LogP contribution is 2.40. The zero-order valence-corrected chi connectivity index (χ0v) is 30.0. The van der Waals surface area contributed by atoms with Gasteiger partial charge in [0.2, 0.25) is 11.8 Å². The van der Waals surface area contributed by atoms with E-state index in [1.807, 2.05) is 12.2 Å². The van der Waals surface area contributed by atoms with E-state index in [9.17, 15) is 28.9 Å². The van der Waals surface area contributed by atoms with Crippen molar-refractivity contribution in [1.82, 2.24) is 24.6 Å². The van der Waals surface area contributed by atoms with Gasteiger partial charge in [-0.1, -0.05) is 67.7 Å². The van der Waals surface area contributed by atoms with Crippen molar-refractivity contribution in [3.63, 3.8) is 0 Å². The molecule has 3 rings (SSSR count). The minimum Gasteiger partial charge on any atom is -0.455 e. The molecule has 0 saturated carbocycles. The van der Waals surface area contributed by atoms with Gasteiger partial charge in [-0.15, -0.1) is 0 Å². The first kappa shape index (κ1) is 41.9. The van der Waals surface area contributed by atoms with Crippen molar-refractivity contribution in [2.24, 2.45) is 11.5 Å². The van der Waals surface area contributed by atoms with E-state index >= 15 is 0 Å². The van der Waals surface area contributed by atoms with Gasteiger partial charge < -0.3 is 36.7 Å². The van der Waals surface area contributed by atoms with Crippen LogP contribution < -0.4 is 22.3 Å². The number of nitrogen functional groups attached to an aromatic ring is 1. The Morgan fingerprint density at radius 3 is 2.25 bits per heavy atom. The molecule has 1 aliphatic rings. The van der Waals surface area contributed by atoms with Crippen LogP contribution in [-0.4, -0.2) is 78.3 Å². The van der Waals surface area contributed by atoms with Gasteiger partial charge in [-0.2, -0.15) is 0 Å². The number of rotatable bonds is 22. The molecule has 0 aromatic carbocycles. The molecule has 1 aliphatic heterocycles. The number of esters is 1. The molecule has 2 amide bonds. The van der Waals surface area contributed by atoms with Crippen LogP contribution in [0.2, 0.25) is 0 Å². The number of aliphatic hydroxyl groups excluding tert-OH is 1. The number of anilines is 1. The first-order valence-corrected chi connectivity index (χ1v) is 18.6. The number of hydrogen-bond acceptors (Lipinski definition) is 13. The lowest BCUT2D eigenvalue weighted by Crippen LogP contribution is -2.42. The molecule has 52 heavy (non-hydrogen) atoms. The van der Waals surface area contributed by atoms with Crippen molar-refractivity contribution in [2.75, 3.05) is 12.3 Å². The maximum atomic E-state index is 12.9. The molecule has 0 bridgehead atoms. The van der Waals surface area contributed by atoms with Crippen LogP contribution >= 0.6 is 7.75 Å². The fourth-order valence-corrected chi connectivity index (χ4v) is 5.80. The third kappa shape index (κ3) is 13.9. The number of primary amides is 1. The zero-order chi connectivity index (χ0) is 37.9. The van der Waals surface area contributed by atoms with Gasteiger partial charge in [0.15, 0.2) is 23.8 Å². The molecule has 2 aromatic rings. The van der Waals surface area contributed by atoms with Crippen LogP contribution in [0, 0.1) is 0 Å². The second kappa shape index (κ2) is 21.8. The molecule has 6 atom stereocenters. The van der Waals surface area contributed by atoms with E-state index in [1.54, 1.807) is 5.09 Å². The normalized spacial score (nSPS) is 21.2. The molecule has 2 aromatic heterocycles. The first-order valence-electron chi connectivity index (χ1n) is 17.0. The standard InChI is InChI=1S/C34H49N8O9P/c1-2-3-4-5-6-7-8-9-10-11-12-13-14-15-16-17-18-19-27(44)51-30-29(45)25(21-49-52(47,48)41-33(46)24(35)20-26(36)43)50-34(30)42-23-40-28-31(37)38-22-39-32(28)42/h3-4,6-7,9-10,12-13,15-16,22-25,29-30,34,45H,2,5,8,11,14,17-21,35H2,1H3,(H2,36,43)(H2,37,38,39)(H2,41,46,47,48)/b4-3-,7-6-,10-9-,13-12-,16-15-/t24-,25+,29+,30+,34+/m0/s1. The van der Waals surface area contributed by atoms with Crippen molar-refractivity contribution in [1.29, 1.82) is 0 Å². The summed E-state index contributed by atoms with van der Waals surface area (Å²) in [7, 11) is -4.84. The zero-order valence-electron chi connectivity index (χ0n) is 29.1. The van der Waals surface area contributed by atoms with Crippen LogP contribution in [0.3, 0.4) is 0 Å². The number of fused-ring (bicyclic) bond motifs is 1. The summed E-state index contributed by atoms with van der Waals surface area (Å²) in [6.07, 6.45) is 23.3. The van der Waals surface area contributed by atoms with Crippen LogP contribution in [0.5, 0.6) is 0 Å². The van der Waals surface area contributed by atoms with Crippen molar-refractivity contribution in [2.45, 2.75) is 95.3 Å². The molecule has 1 fully saturated rings. The van der Waals surface area contributed by atoms with E-state index in [0.717, 1.165) is 32.1 Å². The third-order valence-electron chi connectivity index (χ3n) is 7.57. The lowest BCUT2D eigenvalue weighted by molar-refractivity contribution is -0.158. The Morgan fingerprint density at radius 2 is 1.63 bits per heavy atom. The molecule has 0 spiro atoms. The average Bonchev–Trinajstić information content (AvgIpc) is 3.66. The number of aliphatic hydroxyl groups is 1. The van der Waals surface area contributed by atoms with E-state index in [0.29, 0.717) is 12.8 Å². The van der Waals surface area contributed by atoms with Crippen LogP contribution in [0.25, 0.3) is 11.2 Å². The lowest BCUT2D eigenvalue weighted by Gasteiger charge is -2.22. The van der Waals surface area contributed by atoms with Crippen LogP contribution in [0.1, 0.15) is 70.9 Å². The summed E-state index contributed by atoms with van der Waals surface area (Å²) < 4.78 is 30.5. The van der Waals surface area contributed by atoms with Gasteiger partial charge >= 0.3 is 13.7 Å². The molecule has 1 saturated heterocycles. The van der Waals surface area contributed by atoms with Crippen LogP contribution in [-0.2, 0) is 32.9 Å². The minimum absolute atomic E-state index is 0.0364. The van der Waals surface area contributed by atoms with Crippen molar-refractivity contribution >= 4 is 42.5 Å². The maximum Gasteiger partial charge on any atom is 0.432 e. The summed E-state index contributed by atoms with van der Waals surface area (Å²) in [6.45, 7) is 1.39. The molecular formula is C34H49N8O9P. The minimum atomic E-state index is -4.84. The number of nitrogens with zero attached hydrogens (tertiary/aromatic N) is 4. The summed E-state index contributed by atoms with van der Waals surface area (Å²) in [5.74, 6) is -2.58. The number of nitrogens with one attached hydrogen (secondary N) is 1. The Morgan fingerprint density at radius 1 is 1.02 bits per heavy atom. The summed E-state index contributed by atoms with van der Waals surface area (Å²) in [5.41, 5.74) is 16.9. The molecule has 17 nitrogen and oxygen atoms in total. The van der Waals surface area contributed by atoms with Crippen LogP contribution in [0.4, 0.5) is 5.82 Å². The SMILES string of the molecule is CC/C=C\C/C=C\C/C=C\C/C=C\C/C=C\CCCC(=O)O[C@@H]1[C@H](O)[C@@H](COP(=O)(O)NC(=O)[C@@H](N)CC(N)=O)O[C@H]1n1cnc2c(N)ncnc21. The van der Waals surface area contributed by atoms with Crippen LogP contribution in [0.15, 0.2) is 73.4 Å². The highest BCUT2D eigenvalue weighted by Gasteiger charge is 2.48. The number of ether oxygens (including phenoxy) is 2. The molecule has 0 aliphatic carbocycles. The summed E-state index contributed by atoms with van der Waals surface area (Å²) in [6, 6.07) is -1.49. The van der Waals surface area contributed by atoms with Gasteiger partial charge in [-0.25, -0.2) is 19.5 Å². The Labute approximate surface area is 302 Å². The van der Waals surface area contributed by atoms with Gasteiger partial charge in [0.1, 0.15) is 24.1 Å². The lowest BCUT2D eigenvalue weighted by atomic mass is 10.1. The number of hydrogen-bond donors (Lipinski definition) is 6. The highest BCUT2D eigenvalue weighted by molar-refractivity contribution is 7.51. The van der Waals surface area contributed by atoms with E-state index in [4.69, 9.17) is 31.2 Å². The van der Waals surface area contributed by atoms with Gasteiger partial charge in [-0.3, -0.25) is 28.6 Å². The fraction of sp³-hybridized carbons (Fsp3) is 0.471. The molecular weight excluding hydrogens is 695 g/mol. The highest BCUT2D eigenvalue weighted by atomic mass is 31.2. The number of nitrogens with two attached hydrogens (primary N) is 3. The molecule has 3 heterocycles. The van der Waals surface area contributed by atoms with E-state index in [1.165, 1.54) is 17.2 Å². The van der Waals surface area contributed by atoms with E-state index in [2.05, 4.69) is 70.5 Å². The predicted molar refractivity (Wildman–Crippen MR) is 194 cm³/mol. The van der Waals surface area contributed by atoms with Crippen molar-refractivity contribution < 1.29 is 42.9 Å². The summed E-state index contributed by atoms with van der Waals surface area (Å²) >= 11 is 0. The third-order valence-corrected chi connectivity index (χ3v) is 8.58. The number of aromatic nitrogens is 4. The summed E-state index contributed by atoms with van der Waals surface area (Å²) in [4.78, 5) is 58.5. The molecule has 1 unspecified atom stereocenters. The molecule has 0 radical (unpaired) electrons. The number of unbranched alkanes of at least 4 members (excludes halogenated alkanes) is 1. The van der Waals surface area contributed by atoms with Gasteiger partial charge in [-0.05, 0) is 44.9 Å². The molecule has 9 N–H and O–H groups in total.